The number of nitrogens with one attached hydrogen (secondary N) is 2. The molecule has 4 N–H and O–H groups in total. The van der Waals surface area contributed by atoms with E-state index in [9.17, 15) is 10.2 Å². The largest absolute Gasteiger partial charge is 0.508 e. The van der Waals surface area contributed by atoms with Crippen LogP contribution in [0.15, 0.2) is 78.9 Å². The smallest absolute Gasteiger partial charge is 0.124 e. The molecule has 140 valence electrons. The van der Waals surface area contributed by atoms with E-state index in [1.165, 1.54) is 11.6 Å². The summed E-state index contributed by atoms with van der Waals surface area (Å²) in [4.78, 5) is 0. The maximum Gasteiger partial charge on any atom is 0.124 e. The molecule has 3 aromatic rings. The molecule has 4 heteroatoms. The van der Waals surface area contributed by atoms with E-state index < -0.39 is 0 Å². The van der Waals surface area contributed by atoms with Gasteiger partial charge >= 0.3 is 0 Å². The molecule has 3 atom stereocenters. The highest BCUT2D eigenvalue weighted by atomic mass is 16.3. The Labute approximate surface area is 164 Å². The van der Waals surface area contributed by atoms with Crippen molar-refractivity contribution in [1.82, 2.24) is 0 Å². The van der Waals surface area contributed by atoms with Gasteiger partial charge in [-0.25, -0.2) is 0 Å². The fourth-order valence-electron chi connectivity index (χ4n) is 4.46. The van der Waals surface area contributed by atoms with Crippen LogP contribution in [0.1, 0.15) is 29.5 Å². The molecular weight excluding hydrogens is 348 g/mol. The fraction of sp³-hybridized carbons (Fsp3) is 0.167. The van der Waals surface area contributed by atoms with Crippen LogP contribution in [0.3, 0.4) is 0 Å². The van der Waals surface area contributed by atoms with E-state index >= 15 is 0 Å². The number of allylic oxidation sites excluding steroid dienone is 2. The number of aromatic hydroxyl groups is 2. The Balaban J connectivity index is 1.50. The molecule has 4 nitrogen and oxygen atoms in total. The van der Waals surface area contributed by atoms with Gasteiger partial charge in [0.2, 0.25) is 0 Å². The Morgan fingerprint density at radius 2 is 1.71 bits per heavy atom. The number of phenolic OH excluding ortho intramolecular Hbond substituents is 2. The van der Waals surface area contributed by atoms with Gasteiger partial charge in [0.15, 0.2) is 0 Å². The molecule has 5 rings (SSSR count). The topological polar surface area (TPSA) is 64.5 Å². The number of hydrogen-bond donors (Lipinski definition) is 4. The van der Waals surface area contributed by atoms with Crippen LogP contribution in [-0.4, -0.2) is 10.2 Å². The van der Waals surface area contributed by atoms with Crippen LogP contribution in [0.25, 0.3) is 0 Å². The quantitative estimate of drug-likeness (QED) is 0.449. The first kappa shape index (κ1) is 16.8. The monoisotopic (exact) mass is 370 g/mol. The summed E-state index contributed by atoms with van der Waals surface area (Å²) < 4.78 is 0. The van der Waals surface area contributed by atoms with Crippen molar-refractivity contribution in [3.63, 3.8) is 0 Å². The van der Waals surface area contributed by atoms with Gasteiger partial charge in [-0.15, -0.1) is 0 Å². The molecule has 0 fully saturated rings. The second-order valence-corrected chi connectivity index (χ2v) is 7.51. The molecule has 0 saturated carbocycles. The minimum Gasteiger partial charge on any atom is -0.508 e. The standard InChI is InChI=1S/C24H22N2O2/c27-17-10-11-20(23(28)14-17)24-19-8-4-7-18(19)21-13-16(9-12-22(21)26-24)25-15-5-2-1-3-6-15/h1-7,9-14,18-19,24-28H,8H2. The number of phenols is 2. The van der Waals surface area contributed by atoms with Crippen LogP contribution < -0.4 is 10.6 Å². The lowest BCUT2D eigenvalue weighted by molar-refractivity contribution is 0.398. The average Bonchev–Trinajstić information content (AvgIpc) is 3.19. The number of benzene rings is 3. The Hall–Kier alpha value is -3.40. The Morgan fingerprint density at radius 1 is 0.857 bits per heavy atom. The van der Waals surface area contributed by atoms with Crippen LogP contribution in [0.2, 0.25) is 0 Å². The van der Waals surface area contributed by atoms with E-state index in [2.05, 4.69) is 53.1 Å². The second kappa shape index (κ2) is 6.64. The van der Waals surface area contributed by atoms with Gasteiger partial charge < -0.3 is 20.8 Å². The van der Waals surface area contributed by atoms with E-state index in [1.807, 2.05) is 24.3 Å². The van der Waals surface area contributed by atoms with Gasteiger partial charge in [-0.2, -0.15) is 0 Å². The molecule has 0 saturated heterocycles. The van der Waals surface area contributed by atoms with Gasteiger partial charge in [0.05, 0.1) is 6.04 Å². The number of hydrogen-bond acceptors (Lipinski definition) is 4. The molecule has 0 radical (unpaired) electrons. The number of anilines is 3. The number of rotatable bonds is 3. The Kier molecular flexibility index (Phi) is 3.97. The first-order chi connectivity index (χ1) is 13.7. The highest BCUT2D eigenvalue weighted by molar-refractivity contribution is 5.69. The van der Waals surface area contributed by atoms with E-state index in [4.69, 9.17) is 0 Å². The van der Waals surface area contributed by atoms with Crippen molar-refractivity contribution in [2.75, 3.05) is 10.6 Å². The lowest BCUT2D eigenvalue weighted by Crippen LogP contribution is -2.29. The molecule has 3 aromatic carbocycles. The van der Waals surface area contributed by atoms with Crippen molar-refractivity contribution in [3.8, 4) is 11.5 Å². The normalized spacial score (nSPS) is 22.2. The third-order valence-electron chi connectivity index (χ3n) is 5.77. The molecule has 0 amide bonds. The molecule has 1 aliphatic carbocycles. The summed E-state index contributed by atoms with van der Waals surface area (Å²) in [5.74, 6) is 0.839. The van der Waals surface area contributed by atoms with Crippen molar-refractivity contribution in [1.29, 1.82) is 0 Å². The first-order valence-electron chi connectivity index (χ1n) is 9.60. The van der Waals surface area contributed by atoms with Crippen molar-refractivity contribution in [3.05, 3.63) is 90.0 Å². The molecule has 1 heterocycles. The zero-order chi connectivity index (χ0) is 19.1. The van der Waals surface area contributed by atoms with E-state index in [0.29, 0.717) is 11.8 Å². The third kappa shape index (κ3) is 2.87. The van der Waals surface area contributed by atoms with Gasteiger partial charge in [-0.1, -0.05) is 30.4 Å². The summed E-state index contributed by atoms with van der Waals surface area (Å²) in [7, 11) is 0. The molecule has 0 spiro atoms. The van der Waals surface area contributed by atoms with Gasteiger partial charge in [-0.3, -0.25) is 0 Å². The van der Waals surface area contributed by atoms with Crippen LogP contribution in [-0.2, 0) is 0 Å². The summed E-state index contributed by atoms with van der Waals surface area (Å²) in [6, 6.07) is 21.4. The fourth-order valence-corrected chi connectivity index (χ4v) is 4.46. The number of para-hydroxylation sites is 1. The van der Waals surface area contributed by atoms with Crippen molar-refractivity contribution in [2.24, 2.45) is 5.92 Å². The number of fused-ring (bicyclic) bond motifs is 3. The van der Waals surface area contributed by atoms with Gasteiger partial charge in [0, 0.05) is 34.6 Å². The maximum absolute atomic E-state index is 10.4. The molecule has 0 aromatic heterocycles. The minimum atomic E-state index is 0.000956. The summed E-state index contributed by atoms with van der Waals surface area (Å²) in [6.45, 7) is 0. The van der Waals surface area contributed by atoms with Crippen LogP contribution in [0, 0.1) is 5.92 Å². The lowest BCUT2D eigenvalue weighted by atomic mass is 9.76. The SMILES string of the molecule is Oc1ccc(C2Nc3ccc(Nc4ccccc4)cc3C3C=CCC32)c(O)c1. The van der Waals surface area contributed by atoms with Crippen molar-refractivity contribution < 1.29 is 10.2 Å². The van der Waals surface area contributed by atoms with Crippen molar-refractivity contribution in [2.45, 2.75) is 18.4 Å². The van der Waals surface area contributed by atoms with E-state index in [-0.39, 0.29) is 17.5 Å². The summed E-state index contributed by atoms with van der Waals surface area (Å²) >= 11 is 0. The van der Waals surface area contributed by atoms with Gasteiger partial charge in [0.1, 0.15) is 11.5 Å². The molecule has 1 aliphatic heterocycles. The Bertz CT molecular complexity index is 1050. The summed E-state index contributed by atoms with van der Waals surface area (Å²) in [6.07, 6.45) is 5.47. The summed E-state index contributed by atoms with van der Waals surface area (Å²) in [5, 5.41) is 27.1. The molecule has 28 heavy (non-hydrogen) atoms. The molecule has 3 unspecified atom stereocenters. The molecule has 0 bridgehead atoms. The zero-order valence-corrected chi connectivity index (χ0v) is 15.3. The van der Waals surface area contributed by atoms with Crippen LogP contribution in [0.5, 0.6) is 11.5 Å². The third-order valence-corrected chi connectivity index (χ3v) is 5.77. The minimum absolute atomic E-state index is 0.000956. The van der Waals surface area contributed by atoms with Crippen LogP contribution in [0.4, 0.5) is 17.1 Å². The predicted molar refractivity (Wildman–Crippen MR) is 112 cm³/mol. The first-order valence-corrected chi connectivity index (χ1v) is 9.60. The average molecular weight is 370 g/mol. The van der Waals surface area contributed by atoms with Gasteiger partial charge in [0.25, 0.3) is 0 Å². The van der Waals surface area contributed by atoms with Crippen LogP contribution >= 0.6 is 0 Å². The highest BCUT2D eigenvalue weighted by Gasteiger charge is 2.38. The molecule has 2 aliphatic rings. The van der Waals surface area contributed by atoms with E-state index in [0.717, 1.165) is 29.0 Å². The van der Waals surface area contributed by atoms with Crippen molar-refractivity contribution >= 4 is 17.1 Å². The predicted octanol–water partition coefficient (Wildman–Crippen LogP) is 5.67. The second-order valence-electron chi connectivity index (χ2n) is 7.51. The Morgan fingerprint density at radius 3 is 2.54 bits per heavy atom. The van der Waals surface area contributed by atoms with Gasteiger partial charge in [-0.05, 0) is 60.4 Å². The maximum atomic E-state index is 10.4. The summed E-state index contributed by atoms with van der Waals surface area (Å²) in [5.41, 5.74) is 5.32. The van der Waals surface area contributed by atoms with E-state index in [1.54, 1.807) is 6.07 Å². The highest BCUT2D eigenvalue weighted by Crippen LogP contribution is 2.51. The lowest BCUT2D eigenvalue weighted by Gasteiger charge is -2.38. The zero-order valence-electron chi connectivity index (χ0n) is 15.3. The molecular formula is C24H22N2O2.